The molecule has 0 saturated carbocycles. The zero-order chi connectivity index (χ0) is 23.0. The third-order valence-electron chi connectivity index (χ3n) is 5.99. The van der Waals surface area contributed by atoms with Crippen LogP contribution in [0, 0.1) is 5.92 Å². The quantitative estimate of drug-likeness (QED) is 0.0581. The topological polar surface area (TPSA) is 66.4 Å². The van der Waals surface area contributed by atoms with E-state index < -0.39 is 10.4 Å². The minimum atomic E-state index is -4.61. The third kappa shape index (κ3) is 29.3. The second kappa shape index (κ2) is 26.8. The first-order valence-corrected chi connectivity index (χ1v) is 14.6. The van der Waals surface area contributed by atoms with E-state index in [-0.39, 0.29) is 63.9 Å². The van der Waals surface area contributed by atoms with Crippen molar-refractivity contribution in [2.45, 2.75) is 142 Å². The fraction of sp³-hybridized carbons (Fsp3) is 0.923. The van der Waals surface area contributed by atoms with Gasteiger partial charge in [0.25, 0.3) is 0 Å². The standard InChI is InChI=1S/C26H52O4S.K/c1-3-5-7-9-11-12-13-14-15-16-18-20-22-24-26(25-30-31(27,28)29)23-21-19-17-10-8-6-4-2;/h22,24,26H,3-21,23,25H2,1-2H3,(H,27,28,29);/q;+1/p-1/b24-22+;. The molecule has 0 aromatic heterocycles. The fourth-order valence-electron chi connectivity index (χ4n) is 3.98. The van der Waals surface area contributed by atoms with Crippen LogP contribution in [-0.4, -0.2) is 19.6 Å². The molecule has 0 bridgehead atoms. The van der Waals surface area contributed by atoms with Crippen LogP contribution in [0.15, 0.2) is 12.2 Å². The summed E-state index contributed by atoms with van der Waals surface area (Å²) >= 11 is 0. The van der Waals surface area contributed by atoms with E-state index >= 15 is 0 Å². The van der Waals surface area contributed by atoms with Crippen molar-refractivity contribution in [3.63, 3.8) is 0 Å². The second-order valence-corrected chi connectivity index (χ2v) is 10.2. The summed E-state index contributed by atoms with van der Waals surface area (Å²) in [6.45, 7) is 4.46. The third-order valence-corrected chi connectivity index (χ3v) is 6.41. The number of unbranched alkanes of at least 4 members (excludes halogenated alkanes) is 17. The maximum absolute atomic E-state index is 10.8. The molecule has 1 unspecified atom stereocenters. The van der Waals surface area contributed by atoms with Gasteiger partial charge < -0.3 is 4.55 Å². The van der Waals surface area contributed by atoms with E-state index in [1.165, 1.54) is 103 Å². The maximum Gasteiger partial charge on any atom is 1.00 e. The van der Waals surface area contributed by atoms with Crippen LogP contribution >= 0.6 is 0 Å². The van der Waals surface area contributed by atoms with Gasteiger partial charge in [0.15, 0.2) is 0 Å². The number of rotatable bonds is 24. The minimum Gasteiger partial charge on any atom is -0.726 e. The summed E-state index contributed by atoms with van der Waals surface area (Å²) in [4.78, 5) is 0. The molecule has 6 heteroatoms. The smallest absolute Gasteiger partial charge is 0.726 e. The Hall–Kier alpha value is 1.25. The van der Waals surface area contributed by atoms with Gasteiger partial charge in [-0.3, -0.25) is 4.18 Å². The summed E-state index contributed by atoms with van der Waals surface area (Å²) in [6.07, 6.45) is 29.4. The van der Waals surface area contributed by atoms with E-state index in [0.717, 1.165) is 25.7 Å². The van der Waals surface area contributed by atoms with Gasteiger partial charge in [0, 0.05) is 5.92 Å². The summed E-state index contributed by atoms with van der Waals surface area (Å²) in [6, 6.07) is 0. The van der Waals surface area contributed by atoms with Crippen LogP contribution in [0.5, 0.6) is 0 Å². The van der Waals surface area contributed by atoms with Gasteiger partial charge in [-0.2, -0.15) is 0 Å². The first-order valence-electron chi connectivity index (χ1n) is 13.3. The van der Waals surface area contributed by atoms with Crippen LogP contribution in [0.2, 0.25) is 0 Å². The summed E-state index contributed by atoms with van der Waals surface area (Å²) in [5.41, 5.74) is 0. The van der Waals surface area contributed by atoms with Gasteiger partial charge in [0.1, 0.15) is 0 Å². The molecule has 0 saturated heterocycles. The van der Waals surface area contributed by atoms with Crippen molar-refractivity contribution < 1.29 is 68.5 Å². The first kappa shape index (κ1) is 35.4. The Morgan fingerprint density at radius 1 is 0.688 bits per heavy atom. The Balaban J connectivity index is 0. The van der Waals surface area contributed by atoms with E-state index in [0.29, 0.717) is 0 Å². The number of allylic oxidation sites excluding steroid dienone is 1. The first-order chi connectivity index (χ1) is 15.0. The molecule has 186 valence electrons. The van der Waals surface area contributed by atoms with Crippen molar-refractivity contribution in [2.75, 3.05) is 6.61 Å². The van der Waals surface area contributed by atoms with Crippen molar-refractivity contribution in [3.8, 4) is 0 Å². The Kier molecular flexibility index (Phi) is 29.7. The molecule has 0 aliphatic heterocycles. The normalized spacial score (nSPS) is 12.8. The van der Waals surface area contributed by atoms with E-state index in [2.05, 4.69) is 30.2 Å². The molecule has 0 N–H and O–H groups in total. The summed E-state index contributed by atoms with van der Waals surface area (Å²) in [7, 11) is -4.61. The molecule has 0 radical (unpaired) electrons. The van der Waals surface area contributed by atoms with E-state index in [1.54, 1.807) is 0 Å². The van der Waals surface area contributed by atoms with Gasteiger partial charge in [-0.05, 0) is 19.3 Å². The SMILES string of the molecule is CCCCCCCCCCCCC/C=C/C(CCCCCCCCC)COS(=O)(=O)[O-].[K+]. The largest absolute Gasteiger partial charge is 1.00 e. The molecule has 0 rings (SSSR count). The monoisotopic (exact) mass is 498 g/mol. The molecule has 0 heterocycles. The Morgan fingerprint density at radius 2 is 1.09 bits per heavy atom. The van der Waals surface area contributed by atoms with Gasteiger partial charge in [-0.25, -0.2) is 8.42 Å². The van der Waals surface area contributed by atoms with Crippen molar-refractivity contribution in [2.24, 2.45) is 5.92 Å². The van der Waals surface area contributed by atoms with Gasteiger partial charge in [0.05, 0.1) is 6.61 Å². The molecule has 0 spiro atoms. The minimum absolute atomic E-state index is 0. The predicted octanol–water partition coefficient (Wildman–Crippen LogP) is 5.48. The van der Waals surface area contributed by atoms with E-state index in [1.807, 2.05) is 0 Å². The van der Waals surface area contributed by atoms with Crippen molar-refractivity contribution in [1.82, 2.24) is 0 Å². The van der Waals surface area contributed by atoms with Gasteiger partial charge >= 0.3 is 51.4 Å². The fourth-order valence-corrected chi connectivity index (χ4v) is 4.33. The zero-order valence-corrected chi connectivity index (χ0v) is 25.6. The number of hydrogen-bond donors (Lipinski definition) is 0. The van der Waals surface area contributed by atoms with Crippen molar-refractivity contribution in [3.05, 3.63) is 12.2 Å². The molecule has 0 aliphatic carbocycles. The van der Waals surface area contributed by atoms with Gasteiger partial charge in [0.2, 0.25) is 10.4 Å². The number of hydrogen-bond acceptors (Lipinski definition) is 4. The van der Waals surface area contributed by atoms with Crippen LogP contribution < -0.4 is 51.4 Å². The van der Waals surface area contributed by atoms with Crippen LogP contribution in [0.1, 0.15) is 142 Å². The predicted molar refractivity (Wildman–Crippen MR) is 132 cm³/mol. The molecule has 0 amide bonds. The average molecular weight is 499 g/mol. The van der Waals surface area contributed by atoms with E-state index in [4.69, 9.17) is 0 Å². The van der Waals surface area contributed by atoms with Gasteiger partial charge in [-0.15, -0.1) is 0 Å². The molecule has 4 nitrogen and oxygen atoms in total. The average Bonchev–Trinajstić information content (AvgIpc) is 2.73. The van der Waals surface area contributed by atoms with Crippen LogP contribution in [0.4, 0.5) is 0 Å². The second-order valence-electron chi connectivity index (χ2n) is 9.12. The van der Waals surface area contributed by atoms with Crippen LogP contribution in [0.3, 0.4) is 0 Å². The molecule has 0 aromatic carbocycles. The summed E-state index contributed by atoms with van der Waals surface area (Å²) in [5, 5.41) is 0. The van der Waals surface area contributed by atoms with Crippen LogP contribution in [0.25, 0.3) is 0 Å². The summed E-state index contributed by atoms with van der Waals surface area (Å²) < 4.78 is 36.9. The summed E-state index contributed by atoms with van der Waals surface area (Å²) in [5.74, 6) is 0.0204. The van der Waals surface area contributed by atoms with E-state index in [9.17, 15) is 13.0 Å². The molecular formula is C26H51KO4S. The van der Waals surface area contributed by atoms with Crippen molar-refractivity contribution in [1.29, 1.82) is 0 Å². The zero-order valence-electron chi connectivity index (χ0n) is 21.6. The van der Waals surface area contributed by atoms with Crippen LogP contribution in [-0.2, 0) is 14.6 Å². The molecule has 0 fully saturated rings. The van der Waals surface area contributed by atoms with Crippen molar-refractivity contribution >= 4 is 10.4 Å². The Labute approximate surface area is 243 Å². The Morgan fingerprint density at radius 3 is 1.53 bits per heavy atom. The maximum atomic E-state index is 10.8. The molecular weight excluding hydrogens is 447 g/mol. The molecule has 32 heavy (non-hydrogen) atoms. The molecule has 0 aromatic rings. The Bertz CT molecular complexity index is 494. The van der Waals surface area contributed by atoms with Gasteiger partial charge in [-0.1, -0.05) is 135 Å². The molecule has 1 atom stereocenters. The molecule has 0 aliphatic rings.